The molecule has 1 fully saturated rings. The summed E-state index contributed by atoms with van der Waals surface area (Å²) in [6.45, 7) is 8.74. The van der Waals surface area contributed by atoms with E-state index in [1.54, 1.807) is 0 Å². The largest absolute Gasteiger partial charge is 0.215 e. The van der Waals surface area contributed by atoms with Crippen molar-refractivity contribution in [1.29, 1.82) is 0 Å². The van der Waals surface area contributed by atoms with Gasteiger partial charge in [-0.15, -0.1) is 0 Å². The molecule has 0 bridgehead atoms. The van der Waals surface area contributed by atoms with Crippen LogP contribution < -0.4 is 4.72 Å². The van der Waals surface area contributed by atoms with Gasteiger partial charge in [-0.3, -0.25) is 0 Å². The summed E-state index contributed by atoms with van der Waals surface area (Å²) in [5, 5.41) is -0.201. The minimum Gasteiger partial charge on any atom is -0.215 e. The Hall–Kier alpha value is -0.0900. The molecule has 0 unspecified atom stereocenters. The minimum absolute atomic E-state index is 0.201. The van der Waals surface area contributed by atoms with E-state index < -0.39 is 10.0 Å². The summed E-state index contributed by atoms with van der Waals surface area (Å²) in [5.41, 5.74) is 0. The molecule has 1 aliphatic heterocycles. The van der Waals surface area contributed by atoms with Crippen LogP contribution in [0.3, 0.4) is 0 Å². The highest BCUT2D eigenvalue weighted by atomic mass is 32.2. The Morgan fingerprint density at radius 3 is 2.00 bits per heavy atom. The lowest BCUT2D eigenvalue weighted by Crippen LogP contribution is -2.32. The molecule has 0 spiro atoms. The van der Waals surface area contributed by atoms with Gasteiger partial charge < -0.3 is 0 Å². The SMILES string of the molecule is CC(C)[C@@H]1[C@H](C(C)C)CNS1(=O)=O. The Balaban J connectivity index is 2.93. The first-order valence-corrected chi connectivity index (χ1v) is 6.39. The normalized spacial score (nSPS) is 33.1. The molecule has 3 nitrogen and oxygen atoms in total. The van der Waals surface area contributed by atoms with E-state index in [1.165, 1.54) is 0 Å². The van der Waals surface area contributed by atoms with Gasteiger partial charge in [0.2, 0.25) is 10.0 Å². The van der Waals surface area contributed by atoms with E-state index in [0.29, 0.717) is 12.5 Å². The van der Waals surface area contributed by atoms with Gasteiger partial charge in [0.1, 0.15) is 0 Å². The van der Waals surface area contributed by atoms with Crippen LogP contribution in [0.4, 0.5) is 0 Å². The summed E-state index contributed by atoms with van der Waals surface area (Å²) < 4.78 is 25.8. The third-order valence-corrected chi connectivity index (χ3v) is 4.99. The summed E-state index contributed by atoms with van der Waals surface area (Å²) in [6, 6.07) is 0. The molecule has 4 heteroatoms. The molecule has 1 heterocycles. The van der Waals surface area contributed by atoms with Gasteiger partial charge in [0.25, 0.3) is 0 Å². The van der Waals surface area contributed by atoms with Crippen molar-refractivity contribution in [3.05, 3.63) is 0 Å². The van der Waals surface area contributed by atoms with E-state index in [2.05, 4.69) is 18.6 Å². The maximum Gasteiger partial charge on any atom is 0.215 e. The molecule has 0 aliphatic carbocycles. The average molecular weight is 205 g/mol. The van der Waals surface area contributed by atoms with Crippen molar-refractivity contribution in [2.24, 2.45) is 17.8 Å². The molecular weight excluding hydrogens is 186 g/mol. The second-order valence-electron chi connectivity index (χ2n) is 4.51. The zero-order chi connectivity index (χ0) is 10.2. The Labute approximate surface area is 81.0 Å². The molecule has 0 amide bonds. The Morgan fingerprint density at radius 2 is 1.69 bits per heavy atom. The van der Waals surface area contributed by atoms with E-state index >= 15 is 0 Å². The smallest absolute Gasteiger partial charge is 0.215 e. The van der Waals surface area contributed by atoms with Crippen molar-refractivity contribution in [3.8, 4) is 0 Å². The Kier molecular flexibility index (Phi) is 3.02. The van der Waals surface area contributed by atoms with E-state index in [0.717, 1.165) is 0 Å². The van der Waals surface area contributed by atoms with Crippen LogP contribution >= 0.6 is 0 Å². The van der Waals surface area contributed by atoms with E-state index in [-0.39, 0.29) is 17.1 Å². The second kappa shape index (κ2) is 3.58. The highest BCUT2D eigenvalue weighted by molar-refractivity contribution is 7.90. The molecule has 1 N–H and O–H groups in total. The van der Waals surface area contributed by atoms with Crippen LogP contribution in [0.15, 0.2) is 0 Å². The summed E-state index contributed by atoms with van der Waals surface area (Å²) in [5.74, 6) is 0.898. The zero-order valence-electron chi connectivity index (χ0n) is 8.74. The van der Waals surface area contributed by atoms with Crippen LogP contribution in [0.1, 0.15) is 27.7 Å². The molecule has 0 saturated carbocycles. The van der Waals surface area contributed by atoms with Gasteiger partial charge >= 0.3 is 0 Å². The maximum absolute atomic E-state index is 11.6. The van der Waals surface area contributed by atoms with Gasteiger partial charge in [-0.25, -0.2) is 13.1 Å². The summed E-state index contributed by atoms with van der Waals surface area (Å²) >= 11 is 0. The second-order valence-corrected chi connectivity index (χ2v) is 6.43. The van der Waals surface area contributed by atoms with Crippen LogP contribution in [0.2, 0.25) is 0 Å². The van der Waals surface area contributed by atoms with E-state index in [9.17, 15) is 8.42 Å². The van der Waals surface area contributed by atoms with Gasteiger partial charge in [0, 0.05) is 6.54 Å². The number of hydrogen-bond acceptors (Lipinski definition) is 2. The molecule has 0 radical (unpaired) electrons. The molecule has 78 valence electrons. The fraction of sp³-hybridized carbons (Fsp3) is 1.00. The van der Waals surface area contributed by atoms with E-state index in [4.69, 9.17) is 0 Å². The van der Waals surface area contributed by atoms with Crippen LogP contribution in [0.25, 0.3) is 0 Å². The van der Waals surface area contributed by atoms with Gasteiger partial charge in [-0.1, -0.05) is 27.7 Å². The molecular formula is C9H19NO2S. The first-order chi connectivity index (χ1) is 5.86. The summed E-state index contributed by atoms with van der Waals surface area (Å²) in [6.07, 6.45) is 0. The molecule has 1 aliphatic rings. The third kappa shape index (κ3) is 2.05. The predicted molar refractivity (Wildman–Crippen MR) is 53.9 cm³/mol. The molecule has 2 atom stereocenters. The van der Waals surface area contributed by atoms with Crippen LogP contribution in [-0.2, 0) is 10.0 Å². The van der Waals surface area contributed by atoms with Gasteiger partial charge in [0.15, 0.2) is 0 Å². The standard InChI is InChI=1S/C9H19NO2S/c1-6(2)8-5-10-13(11,12)9(8)7(3)4/h6-10H,5H2,1-4H3/t8-,9+/m0/s1. The molecule has 0 aromatic carbocycles. The average Bonchev–Trinajstić information content (AvgIpc) is 2.24. The lowest BCUT2D eigenvalue weighted by Gasteiger charge is -2.23. The monoisotopic (exact) mass is 205 g/mol. The van der Waals surface area contributed by atoms with Crippen molar-refractivity contribution in [3.63, 3.8) is 0 Å². The van der Waals surface area contributed by atoms with Crippen molar-refractivity contribution in [2.75, 3.05) is 6.54 Å². The van der Waals surface area contributed by atoms with Gasteiger partial charge in [0.05, 0.1) is 5.25 Å². The van der Waals surface area contributed by atoms with Crippen molar-refractivity contribution < 1.29 is 8.42 Å². The quantitative estimate of drug-likeness (QED) is 0.736. The predicted octanol–water partition coefficient (Wildman–Crippen LogP) is 1.22. The first-order valence-electron chi connectivity index (χ1n) is 4.84. The Bertz CT molecular complexity index is 269. The highest BCUT2D eigenvalue weighted by Gasteiger charge is 2.42. The van der Waals surface area contributed by atoms with Crippen molar-refractivity contribution >= 4 is 10.0 Å². The summed E-state index contributed by atoms with van der Waals surface area (Å²) in [4.78, 5) is 0. The van der Waals surface area contributed by atoms with Crippen LogP contribution in [-0.4, -0.2) is 20.2 Å². The Morgan fingerprint density at radius 1 is 1.15 bits per heavy atom. The van der Waals surface area contributed by atoms with Gasteiger partial charge in [-0.05, 0) is 17.8 Å². The molecule has 13 heavy (non-hydrogen) atoms. The fourth-order valence-electron chi connectivity index (χ4n) is 2.12. The fourth-order valence-corrected chi connectivity index (χ4v) is 4.33. The highest BCUT2D eigenvalue weighted by Crippen LogP contribution is 2.30. The minimum atomic E-state index is -3.03. The van der Waals surface area contributed by atoms with E-state index in [1.807, 2.05) is 13.8 Å². The lowest BCUT2D eigenvalue weighted by molar-refractivity contribution is 0.345. The molecule has 1 rings (SSSR count). The molecule has 0 aromatic rings. The number of sulfonamides is 1. The number of hydrogen-bond donors (Lipinski definition) is 1. The summed E-state index contributed by atoms with van der Waals surface area (Å²) in [7, 11) is -3.03. The van der Waals surface area contributed by atoms with Gasteiger partial charge in [-0.2, -0.15) is 0 Å². The lowest BCUT2D eigenvalue weighted by atomic mass is 9.87. The van der Waals surface area contributed by atoms with Crippen molar-refractivity contribution in [2.45, 2.75) is 32.9 Å². The van der Waals surface area contributed by atoms with Crippen LogP contribution in [0.5, 0.6) is 0 Å². The topological polar surface area (TPSA) is 46.2 Å². The van der Waals surface area contributed by atoms with Crippen molar-refractivity contribution in [1.82, 2.24) is 4.72 Å². The maximum atomic E-state index is 11.6. The number of rotatable bonds is 2. The van der Waals surface area contributed by atoms with Crippen LogP contribution in [0, 0.1) is 17.8 Å². The first kappa shape index (κ1) is 11.0. The number of nitrogens with one attached hydrogen (secondary N) is 1. The molecule has 1 saturated heterocycles. The molecule has 0 aromatic heterocycles. The zero-order valence-corrected chi connectivity index (χ0v) is 9.56. The third-order valence-electron chi connectivity index (χ3n) is 2.81.